The number of pyridine rings is 1. The van der Waals surface area contributed by atoms with Gasteiger partial charge in [0.05, 0.1) is 11.4 Å². The van der Waals surface area contributed by atoms with Crippen molar-refractivity contribution in [1.29, 1.82) is 0 Å². The highest BCUT2D eigenvalue weighted by Crippen LogP contribution is 2.23. The number of aromatic nitrogens is 3. The minimum absolute atomic E-state index is 0.366. The van der Waals surface area contributed by atoms with Crippen LogP contribution in [0.2, 0.25) is 0 Å². The fourth-order valence-corrected chi connectivity index (χ4v) is 5.83. The highest BCUT2D eigenvalue weighted by molar-refractivity contribution is 7.89. The molecule has 0 unspecified atom stereocenters. The van der Waals surface area contributed by atoms with Gasteiger partial charge in [-0.15, -0.1) is 0 Å². The average Bonchev–Trinajstić information content (AvgIpc) is 3.22. The minimum atomic E-state index is -3.48. The van der Waals surface area contributed by atoms with Crippen molar-refractivity contribution in [2.75, 3.05) is 26.2 Å². The van der Waals surface area contributed by atoms with E-state index in [1.165, 1.54) is 5.56 Å². The SMILES string of the molecule is CCc1ccc(S(=O)(=O)N2CCN(Cc3nc4cccnc4n3-c3ccc(C)cc3)CC2)cc1. The highest BCUT2D eigenvalue weighted by atomic mass is 32.2. The molecule has 1 aliphatic rings. The molecular formula is C26H29N5O2S. The van der Waals surface area contributed by atoms with Gasteiger partial charge in [0.25, 0.3) is 0 Å². The van der Waals surface area contributed by atoms with E-state index in [-0.39, 0.29) is 0 Å². The number of rotatable bonds is 6. The summed E-state index contributed by atoms with van der Waals surface area (Å²) in [6.45, 7) is 6.98. The van der Waals surface area contributed by atoms with Gasteiger partial charge in [0.1, 0.15) is 11.3 Å². The molecule has 5 rings (SSSR count). The Hall–Kier alpha value is -3.07. The second-order valence-corrected chi connectivity index (χ2v) is 10.7. The van der Waals surface area contributed by atoms with Gasteiger partial charge < -0.3 is 0 Å². The molecule has 1 fully saturated rings. The molecule has 2 aromatic carbocycles. The third kappa shape index (κ3) is 4.36. The smallest absolute Gasteiger partial charge is 0.243 e. The first kappa shape index (κ1) is 22.7. The maximum absolute atomic E-state index is 13.1. The number of hydrogen-bond acceptors (Lipinski definition) is 5. The fourth-order valence-electron chi connectivity index (χ4n) is 4.40. The summed E-state index contributed by atoms with van der Waals surface area (Å²) >= 11 is 0. The zero-order valence-corrected chi connectivity index (χ0v) is 20.4. The van der Waals surface area contributed by atoms with Gasteiger partial charge in [-0.2, -0.15) is 4.31 Å². The van der Waals surface area contributed by atoms with Gasteiger partial charge in [0.2, 0.25) is 10.0 Å². The lowest BCUT2D eigenvalue weighted by Gasteiger charge is -2.33. The quantitative estimate of drug-likeness (QED) is 0.424. The standard InChI is InChI=1S/C26H29N5O2S/c1-3-21-8-12-23(13-9-21)34(32,33)30-17-15-29(16-18-30)19-25-28-24-5-4-14-27-26(24)31(25)22-10-6-20(2)7-11-22/h4-14H,3,15-19H2,1-2H3. The molecule has 0 bridgehead atoms. The van der Waals surface area contributed by atoms with E-state index < -0.39 is 10.0 Å². The normalized spacial score (nSPS) is 15.7. The Bertz CT molecular complexity index is 1390. The topological polar surface area (TPSA) is 71.3 Å². The molecule has 8 heteroatoms. The molecule has 0 aliphatic carbocycles. The summed E-state index contributed by atoms with van der Waals surface area (Å²) in [6.07, 6.45) is 2.68. The summed E-state index contributed by atoms with van der Waals surface area (Å²) in [5.41, 5.74) is 5.05. The molecule has 176 valence electrons. The van der Waals surface area contributed by atoms with Crippen molar-refractivity contribution in [3.63, 3.8) is 0 Å². The molecule has 4 aromatic rings. The fraction of sp³-hybridized carbons (Fsp3) is 0.308. The van der Waals surface area contributed by atoms with E-state index in [0.717, 1.165) is 34.7 Å². The first-order chi connectivity index (χ1) is 16.5. The van der Waals surface area contributed by atoms with Crippen molar-refractivity contribution in [2.24, 2.45) is 0 Å². The second kappa shape index (κ2) is 9.29. The monoisotopic (exact) mass is 475 g/mol. The van der Waals surface area contributed by atoms with E-state index in [2.05, 4.69) is 52.6 Å². The Balaban J connectivity index is 1.34. The summed E-state index contributed by atoms with van der Waals surface area (Å²) in [5, 5.41) is 0. The highest BCUT2D eigenvalue weighted by Gasteiger charge is 2.29. The number of nitrogens with zero attached hydrogens (tertiary/aromatic N) is 5. The van der Waals surface area contributed by atoms with Gasteiger partial charge in [0, 0.05) is 38.1 Å². The molecular weight excluding hydrogens is 446 g/mol. The van der Waals surface area contributed by atoms with Crippen LogP contribution < -0.4 is 0 Å². The van der Waals surface area contributed by atoms with Gasteiger partial charge >= 0.3 is 0 Å². The summed E-state index contributed by atoms with van der Waals surface area (Å²) < 4.78 is 29.9. The van der Waals surface area contributed by atoms with Gasteiger partial charge in [0.15, 0.2) is 5.65 Å². The summed E-state index contributed by atoms with van der Waals surface area (Å²) in [4.78, 5) is 12.1. The largest absolute Gasteiger partial charge is 0.293 e. The molecule has 0 N–H and O–H groups in total. The molecule has 1 saturated heterocycles. The van der Waals surface area contributed by atoms with Crippen LogP contribution in [0, 0.1) is 6.92 Å². The third-order valence-corrected chi connectivity index (χ3v) is 8.36. The number of hydrogen-bond donors (Lipinski definition) is 0. The van der Waals surface area contributed by atoms with Crippen LogP contribution in [0.1, 0.15) is 23.9 Å². The van der Waals surface area contributed by atoms with E-state index in [9.17, 15) is 8.42 Å². The first-order valence-electron chi connectivity index (χ1n) is 11.7. The van der Waals surface area contributed by atoms with Crippen LogP contribution >= 0.6 is 0 Å². The molecule has 0 saturated carbocycles. The number of aryl methyl sites for hydroxylation is 2. The van der Waals surface area contributed by atoms with E-state index in [4.69, 9.17) is 4.98 Å². The lowest BCUT2D eigenvalue weighted by atomic mass is 10.2. The number of imidazole rings is 1. The lowest BCUT2D eigenvalue weighted by molar-refractivity contribution is 0.177. The summed E-state index contributed by atoms with van der Waals surface area (Å²) in [6, 6.07) is 19.5. The van der Waals surface area contributed by atoms with Gasteiger partial charge in [-0.3, -0.25) is 9.47 Å². The Morgan fingerprint density at radius 1 is 0.912 bits per heavy atom. The van der Waals surface area contributed by atoms with Crippen molar-refractivity contribution in [2.45, 2.75) is 31.7 Å². The average molecular weight is 476 g/mol. The predicted molar refractivity (Wildman–Crippen MR) is 133 cm³/mol. The van der Waals surface area contributed by atoms with Crippen LogP contribution in [-0.4, -0.2) is 58.3 Å². The number of piperazine rings is 1. The van der Waals surface area contributed by atoms with Crippen LogP contribution in [-0.2, 0) is 23.0 Å². The molecule has 1 aliphatic heterocycles. The van der Waals surface area contributed by atoms with Crippen LogP contribution in [0.15, 0.2) is 71.8 Å². The van der Waals surface area contributed by atoms with E-state index in [0.29, 0.717) is 37.6 Å². The maximum atomic E-state index is 13.1. The number of fused-ring (bicyclic) bond motifs is 1. The zero-order chi connectivity index (χ0) is 23.7. The molecule has 2 aromatic heterocycles. The Kier molecular flexibility index (Phi) is 6.20. The molecule has 0 amide bonds. The van der Waals surface area contributed by atoms with E-state index in [1.807, 2.05) is 24.3 Å². The van der Waals surface area contributed by atoms with Crippen LogP contribution in [0.4, 0.5) is 0 Å². The van der Waals surface area contributed by atoms with Gasteiger partial charge in [-0.05, 0) is 55.3 Å². The second-order valence-electron chi connectivity index (χ2n) is 8.72. The molecule has 0 atom stereocenters. The van der Waals surface area contributed by atoms with Crippen molar-refractivity contribution < 1.29 is 8.42 Å². The summed E-state index contributed by atoms with van der Waals surface area (Å²) in [7, 11) is -3.48. The molecule has 0 spiro atoms. The predicted octanol–water partition coefficient (Wildman–Crippen LogP) is 3.80. The lowest BCUT2D eigenvalue weighted by Crippen LogP contribution is -2.48. The Morgan fingerprint density at radius 2 is 1.62 bits per heavy atom. The third-order valence-electron chi connectivity index (χ3n) is 6.44. The van der Waals surface area contributed by atoms with Crippen LogP contribution in [0.5, 0.6) is 0 Å². The number of sulfonamides is 1. The Labute approximate surface area is 200 Å². The Morgan fingerprint density at radius 3 is 2.29 bits per heavy atom. The first-order valence-corrected chi connectivity index (χ1v) is 13.1. The molecule has 3 heterocycles. The molecule has 34 heavy (non-hydrogen) atoms. The van der Waals surface area contributed by atoms with E-state index in [1.54, 1.807) is 22.6 Å². The van der Waals surface area contributed by atoms with Gasteiger partial charge in [-0.25, -0.2) is 18.4 Å². The van der Waals surface area contributed by atoms with Crippen molar-refractivity contribution in [3.8, 4) is 5.69 Å². The minimum Gasteiger partial charge on any atom is -0.293 e. The molecule has 7 nitrogen and oxygen atoms in total. The molecule has 0 radical (unpaired) electrons. The maximum Gasteiger partial charge on any atom is 0.243 e. The summed E-state index contributed by atoms with van der Waals surface area (Å²) in [5.74, 6) is 0.906. The van der Waals surface area contributed by atoms with Crippen LogP contribution in [0.25, 0.3) is 16.9 Å². The van der Waals surface area contributed by atoms with Crippen molar-refractivity contribution in [1.82, 2.24) is 23.7 Å². The van der Waals surface area contributed by atoms with Crippen LogP contribution in [0.3, 0.4) is 0 Å². The van der Waals surface area contributed by atoms with Crippen molar-refractivity contribution in [3.05, 3.63) is 83.8 Å². The number of benzene rings is 2. The van der Waals surface area contributed by atoms with E-state index >= 15 is 0 Å². The van der Waals surface area contributed by atoms with Crippen molar-refractivity contribution >= 4 is 21.2 Å². The zero-order valence-electron chi connectivity index (χ0n) is 19.6. The van der Waals surface area contributed by atoms with Gasteiger partial charge in [-0.1, -0.05) is 36.8 Å².